The lowest BCUT2D eigenvalue weighted by molar-refractivity contribution is -0.119. The van der Waals surface area contributed by atoms with Crippen LogP contribution in [0.1, 0.15) is 37.3 Å². The molecule has 7 heteroatoms. The normalized spacial score (nSPS) is 15.0. The molecule has 3 aromatic rings. The largest absolute Gasteiger partial charge is 0.348 e. The standard InChI is InChI=1S/C24H27N5OS/c1-2-16-29-23(20-12-14-25-15-13-20)27-28-24(29)31-17-21(30)26-22(19-10-6-7-11-19)18-8-4-3-5-9-18/h2-5,8-9,12-15,19,22H,1,6-7,10-11,16-17H2,(H,26,30). The molecule has 1 aliphatic rings. The van der Waals surface area contributed by atoms with Crippen molar-refractivity contribution in [2.45, 2.75) is 43.4 Å². The van der Waals surface area contributed by atoms with Crippen LogP contribution in [0.4, 0.5) is 0 Å². The molecule has 2 aromatic heterocycles. The number of allylic oxidation sites excluding steroid dienone is 1. The third-order valence-corrected chi connectivity index (χ3v) is 6.61. The Balaban J connectivity index is 1.45. The molecule has 6 nitrogen and oxygen atoms in total. The Morgan fingerprint density at radius 1 is 1.16 bits per heavy atom. The maximum absolute atomic E-state index is 12.9. The molecule has 1 fully saturated rings. The van der Waals surface area contributed by atoms with E-state index in [0.29, 0.717) is 23.4 Å². The minimum atomic E-state index is 0.0179. The number of hydrogen-bond acceptors (Lipinski definition) is 5. The molecule has 1 amide bonds. The van der Waals surface area contributed by atoms with Crippen LogP contribution in [0.2, 0.25) is 0 Å². The number of carbonyl (C=O) groups is 1. The minimum absolute atomic E-state index is 0.0179. The van der Waals surface area contributed by atoms with Crippen molar-refractivity contribution < 1.29 is 4.79 Å². The number of rotatable bonds is 9. The van der Waals surface area contributed by atoms with Crippen molar-refractivity contribution in [3.63, 3.8) is 0 Å². The Labute approximate surface area is 187 Å². The molecule has 0 bridgehead atoms. The number of benzene rings is 1. The average molecular weight is 434 g/mol. The van der Waals surface area contributed by atoms with Crippen LogP contribution in [0.25, 0.3) is 11.4 Å². The summed E-state index contributed by atoms with van der Waals surface area (Å²) in [4.78, 5) is 16.9. The van der Waals surface area contributed by atoms with Crippen LogP contribution >= 0.6 is 11.8 Å². The summed E-state index contributed by atoms with van der Waals surface area (Å²) in [6, 6.07) is 14.2. The Bertz CT molecular complexity index is 999. The van der Waals surface area contributed by atoms with Gasteiger partial charge in [-0.25, -0.2) is 0 Å². The molecule has 0 spiro atoms. The summed E-state index contributed by atoms with van der Waals surface area (Å²) in [7, 11) is 0. The highest BCUT2D eigenvalue weighted by Gasteiger charge is 2.27. The number of hydrogen-bond donors (Lipinski definition) is 1. The Morgan fingerprint density at radius 3 is 2.61 bits per heavy atom. The second-order valence-electron chi connectivity index (χ2n) is 7.73. The average Bonchev–Trinajstić information content (AvgIpc) is 3.48. The van der Waals surface area contributed by atoms with Crippen molar-refractivity contribution in [2.24, 2.45) is 5.92 Å². The maximum Gasteiger partial charge on any atom is 0.230 e. The zero-order valence-corrected chi connectivity index (χ0v) is 18.3. The molecule has 1 aliphatic carbocycles. The lowest BCUT2D eigenvalue weighted by Gasteiger charge is -2.25. The summed E-state index contributed by atoms with van der Waals surface area (Å²) in [6.07, 6.45) is 10.1. The van der Waals surface area contributed by atoms with E-state index < -0.39 is 0 Å². The first-order valence-electron chi connectivity index (χ1n) is 10.7. The van der Waals surface area contributed by atoms with Crippen molar-refractivity contribution >= 4 is 17.7 Å². The topological polar surface area (TPSA) is 72.7 Å². The predicted octanol–water partition coefficient (Wildman–Crippen LogP) is 4.67. The fraction of sp³-hybridized carbons (Fsp3) is 0.333. The van der Waals surface area contributed by atoms with E-state index in [4.69, 9.17) is 0 Å². The van der Waals surface area contributed by atoms with Crippen molar-refractivity contribution in [3.05, 3.63) is 73.1 Å². The van der Waals surface area contributed by atoms with E-state index in [9.17, 15) is 4.79 Å². The molecule has 0 aliphatic heterocycles. The molecular weight excluding hydrogens is 406 g/mol. The lowest BCUT2D eigenvalue weighted by Crippen LogP contribution is -2.34. The van der Waals surface area contributed by atoms with Gasteiger partial charge in [-0.3, -0.25) is 14.3 Å². The van der Waals surface area contributed by atoms with E-state index in [1.165, 1.54) is 30.2 Å². The van der Waals surface area contributed by atoms with Gasteiger partial charge in [0.05, 0.1) is 11.8 Å². The van der Waals surface area contributed by atoms with Gasteiger partial charge in [0.25, 0.3) is 0 Å². The van der Waals surface area contributed by atoms with Crippen LogP contribution in [0.5, 0.6) is 0 Å². The van der Waals surface area contributed by atoms with Gasteiger partial charge < -0.3 is 5.32 Å². The van der Waals surface area contributed by atoms with Crippen LogP contribution in [0.15, 0.2) is 72.7 Å². The van der Waals surface area contributed by atoms with Crippen LogP contribution in [-0.4, -0.2) is 31.4 Å². The Hall–Kier alpha value is -2.93. The van der Waals surface area contributed by atoms with Crippen molar-refractivity contribution in [2.75, 3.05) is 5.75 Å². The van der Waals surface area contributed by atoms with Crippen LogP contribution < -0.4 is 5.32 Å². The highest BCUT2D eigenvalue weighted by molar-refractivity contribution is 7.99. The number of amides is 1. The Kier molecular flexibility index (Phi) is 7.14. The quantitative estimate of drug-likeness (QED) is 0.392. The number of nitrogens with zero attached hydrogens (tertiary/aromatic N) is 4. The molecule has 1 N–H and O–H groups in total. The molecule has 2 heterocycles. The summed E-state index contributed by atoms with van der Waals surface area (Å²) in [5.74, 6) is 1.56. The SMILES string of the molecule is C=CCn1c(SCC(=O)NC(c2ccccc2)C2CCCC2)nnc1-c1ccncc1. The zero-order valence-electron chi connectivity index (χ0n) is 17.5. The highest BCUT2D eigenvalue weighted by Crippen LogP contribution is 2.35. The number of thioether (sulfide) groups is 1. The third kappa shape index (κ3) is 5.22. The summed E-state index contributed by atoms with van der Waals surface area (Å²) >= 11 is 1.40. The molecule has 1 atom stereocenters. The fourth-order valence-corrected chi connectivity index (χ4v) is 4.93. The van der Waals surface area contributed by atoms with E-state index in [0.717, 1.165) is 24.2 Å². The van der Waals surface area contributed by atoms with E-state index in [1.807, 2.05) is 41.0 Å². The molecule has 0 radical (unpaired) electrons. The molecule has 1 unspecified atom stereocenters. The van der Waals surface area contributed by atoms with E-state index >= 15 is 0 Å². The van der Waals surface area contributed by atoms with Gasteiger partial charge in [-0.2, -0.15) is 0 Å². The van der Waals surface area contributed by atoms with Gasteiger partial charge >= 0.3 is 0 Å². The number of pyridine rings is 1. The van der Waals surface area contributed by atoms with E-state index in [2.05, 4.69) is 39.2 Å². The molecule has 1 saturated carbocycles. The predicted molar refractivity (Wildman–Crippen MR) is 123 cm³/mol. The summed E-state index contributed by atoms with van der Waals surface area (Å²) in [5.41, 5.74) is 2.12. The lowest BCUT2D eigenvalue weighted by atomic mass is 9.91. The first-order valence-corrected chi connectivity index (χ1v) is 11.7. The minimum Gasteiger partial charge on any atom is -0.348 e. The zero-order chi connectivity index (χ0) is 21.5. The fourth-order valence-electron chi connectivity index (χ4n) is 4.17. The van der Waals surface area contributed by atoms with Gasteiger partial charge in [0.1, 0.15) is 0 Å². The number of aromatic nitrogens is 4. The molecular formula is C24H27N5OS. The number of carbonyl (C=O) groups excluding carboxylic acids is 1. The molecule has 160 valence electrons. The molecule has 4 rings (SSSR count). The van der Waals surface area contributed by atoms with Crippen LogP contribution in [-0.2, 0) is 11.3 Å². The number of nitrogens with one attached hydrogen (secondary N) is 1. The van der Waals surface area contributed by atoms with E-state index in [1.54, 1.807) is 12.4 Å². The third-order valence-electron chi connectivity index (χ3n) is 5.65. The smallest absolute Gasteiger partial charge is 0.230 e. The Morgan fingerprint density at radius 2 is 1.90 bits per heavy atom. The highest BCUT2D eigenvalue weighted by atomic mass is 32.2. The first-order chi connectivity index (χ1) is 15.3. The van der Waals surface area contributed by atoms with Crippen molar-refractivity contribution in [1.29, 1.82) is 0 Å². The van der Waals surface area contributed by atoms with E-state index in [-0.39, 0.29) is 11.9 Å². The monoisotopic (exact) mass is 433 g/mol. The van der Waals surface area contributed by atoms with Gasteiger partial charge in [-0.1, -0.05) is 61.0 Å². The maximum atomic E-state index is 12.9. The van der Waals surface area contributed by atoms with Gasteiger partial charge in [0, 0.05) is 24.5 Å². The van der Waals surface area contributed by atoms with Gasteiger partial charge in [-0.05, 0) is 36.5 Å². The summed E-state index contributed by atoms with van der Waals surface area (Å²) in [5, 5.41) is 12.7. The molecule has 0 saturated heterocycles. The van der Waals surface area contributed by atoms with Gasteiger partial charge in [0.15, 0.2) is 11.0 Å². The molecule has 1 aromatic carbocycles. The van der Waals surface area contributed by atoms with Gasteiger partial charge in [0.2, 0.25) is 5.91 Å². The van der Waals surface area contributed by atoms with Crippen LogP contribution in [0.3, 0.4) is 0 Å². The van der Waals surface area contributed by atoms with Crippen molar-refractivity contribution in [3.8, 4) is 11.4 Å². The molecule has 31 heavy (non-hydrogen) atoms. The van der Waals surface area contributed by atoms with Gasteiger partial charge in [-0.15, -0.1) is 16.8 Å². The van der Waals surface area contributed by atoms with Crippen LogP contribution in [0, 0.1) is 5.92 Å². The summed E-state index contributed by atoms with van der Waals surface area (Å²) < 4.78 is 1.98. The summed E-state index contributed by atoms with van der Waals surface area (Å²) in [6.45, 7) is 4.42. The second kappa shape index (κ2) is 10.4. The first kappa shape index (κ1) is 21.3. The van der Waals surface area contributed by atoms with Crippen molar-refractivity contribution in [1.82, 2.24) is 25.1 Å². The second-order valence-corrected chi connectivity index (χ2v) is 8.67.